The average molecular weight is 537 g/mol. The highest BCUT2D eigenvalue weighted by Gasteiger charge is 2.42. The van der Waals surface area contributed by atoms with E-state index in [2.05, 4.69) is 50.4 Å². The lowest BCUT2D eigenvalue weighted by Crippen LogP contribution is -2.62. The summed E-state index contributed by atoms with van der Waals surface area (Å²) in [4.78, 5) is 28.0. The van der Waals surface area contributed by atoms with E-state index in [0.29, 0.717) is 0 Å². The van der Waals surface area contributed by atoms with E-state index >= 15 is 0 Å². The van der Waals surface area contributed by atoms with Gasteiger partial charge >= 0.3 is 0 Å². The van der Waals surface area contributed by atoms with Gasteiger partial charge < -0.3 is 24.2 Å². The lowest BCUT2D eigenvalue weighted by atomic mass is 9.73. The minimum atomic E-state index is -0.803. The molecule has 10 heteroatoms. The number of nitrogens with one attached hydrogen (secondary N) is 1. The number of H-pyrrole nitrogens is 1. The van der Waals surface area contributed by atoms with E-state index in [4.69, 9.17) is 4.74 Å². The number of methoxy groups -OCH3 is 1. The monoisotopic (exact) mass is 536 g/mol. The minimum Gasteiger partial charge on any atom is -0.385 e. The van der Waals surface area contributed by atoms with E-state index < -0.39 is 8.07 Å². The highest BCUT2D eigenvalue weighted by molar-refractivity contribution is 6.76. The lowest BCUT2D eigenvalue weighted by Gasteiger charge is -2.52. The number of halogens is 1. The van der Waals surface area contributed by atoms with Crippen molar-refractivity contribution < 1.29 is 13.9 Å². The third-order valence-electron chi connectivity index (χ3n) is 7.65. The predicted molar refractivity (Wildman–Crippen MR) is 157 cm³/mol. The summed E-state index contributed by atoms with van der Waals surface area (Å²) in [5, 5.41) is 1.01. The van der Waals surface area contributed by atoms with Gasteiger partial charge in [-0.3, -0.25) is 4.98 Å². The number of hydrogen-bond acceptors (Lipinski definition) is 6. The van der Waals surface area contributed by atoms with Crippen LogP contribution in [0.1, 0.15) is 32.1 Å². The molecule has 5 rings (SSSR count). The van der Waals surface area contributed by atoms with Gasteiger partial charge in [-0.2, -0.15) is 0 Å². The molecule has 1 atom stereocenters. The number of pyridine rings is 2. The summed E-state index contributed by atoms with van der Waals surface area (Å²) in [6, 6.07) is 6.47. The summed E-state index contributed by atoms with van der Waals surface area (Å²) < 4.78 is 18.3. The maximum atomic E-state index is 13.4. The van der Waals surface area contributed by atoms with Crippen LogP contribution in [0.15, 0.2) is 36.8 Å². The molecule has 0 saturated carbocycles. The Kier molecular flexibility index (Phi) is 9.38. The molecule has 3 aromatic rings. The van der Waals surface area contributed by atoms with Gasteiger partial charge in [-0.25, -0.2) is 9.37 Å². The zero-order valence-electron chi connectivity index (χ0n) is 23.2. The molecule has 0 aromatic carbocycles. The van der Waals surface area contributed by atoms with E-state index in [1.807, 2.05) is 12.4 Å². The number of hydrogen-bond donors (Lipinski definition) is 1. The number of anilines is 1. The van der Waals surface area contributed by atoms with E-state index in [1.54, 1.807) is 20.6 Å². The second-order valence-corrected chi connectivity index (χ2v) is 17.2. The smallest absolute Gasteiger partial charge is 0.293 e. The van der Waals surface area contributed by atoms with Gasteiger partial charge in [0.2, 0.25) is 0 Å². The molecule has 0 amide bonds. The molecule has 5 heterocycles. The fourth-order valence-electron chi connectivity index (χ4n) is 5.63. The Morgan fingerprint density at radius 3 is 2.66 bits per heavy atom. The first kappa shape index (κ1) is 28.4. The summed E-state index contributed by atoms with van der Waals surface area (Å²) in [5.41, 5.74) is 3.55. The van der Waals surface area contributed by atoms with E-state index in [1.165, 1.54) is 24.7 Å². The molecular formula is C28H40BFN5O2Si. The molecule has 1 spiro atoms. The highest BCUT2D eigenvalue weighted by Crippen LogP contribution is 2.40. The summed E-state index contributed by atoms with van der Waals surface area (Å²) >= 11 is 0. The van der Waals surface area contributed by atoms with Crippen LogP contribution in [0.3, 0.4) is 0 Å². The molecule has 3 aromatic heterocycles. The molecule has 203 valence electrons. The van der Waals surface area contributed by atoms with Crippen LogP contribution < -0.4 is 4.90 Å². The van der Waals surface area contributed by atoms with Crippen molar-refractivity contribution in [2.24, 2.45) is 0 Å². The van der Waals surface area contributed by atoms with Crippen molar-refractivity contribution in [1.29, 1.82) is 0 Å². The number of aromatic amines is 1. The van der Waals surface area contributed by atoms with E-state index in [0.717, 1.165) is 86.1 Å². The van der Waals surface area contributed by atoms with Gasteiger partial charge in [-0.05, 0) is 56.5 Å². The molecular weight excluding hydrogens is 496 g/mol. The number of piperidine rings is 2. The van der Waals surface area contributed by atoms with Crippen molar-refractivity contribution in [2.75, 3.05) is 38.3 Å². The topological polar surface area (TPSA) is 74.3 Å². The van der Waals surface area contributed by atoms with Gasteiger partial charge in [0.05, 0.1) is 29.1 Å². The predicted octanol–water partition coefficient (Wildman–Crippen LogP) is 5.37. The summed E-state index contributed by atoms with van der Waals surface area (Å²) in [7, 11) is 2.69. The first-order chi connectivity index (χ1) is 18.3. The number of carbonyl (C=O) groups excluding carboxylic acids is 1. The third-order valence-corrected chi connectivity index (χ3v) is 9.35. The molecule has 2 fully saturated rings. The average Bonchev–Trinajstić information content (AvgIpc) is 3.34. The first-order valence-electron chi connectivity index (χ1n) is 13.6. The Labute approximate surface area is 227 Å². The van der Waals surface area contributed by atoms with Crippen LogP contribution in [-0.4, -0.2) is 80.3 Å². The number of carbonyl (C=O) groups is 1. The first-order valence-corrected chi connectivity index (χ1v) is 17.3. The zero-order valence-corrected chi connectivity index (χ0v) is 24.2. The number of nitrogens with zero attached hydrogens (tertiary/aromatic N) is 4. The van der Waals surface area contributed by atoms with Crippen LogP contribution in [0.2, 0.25) is 25.7 Å². The quantitative estimate of drug-likeness (QED) is 0.323. The van der Waals surface area contributed by atoms with Crippen LogP contribution in [0.5, 0.6) is 0 Å². The molecule has 2 aliphatic heterocycles. The Hall–Kier alpha value is -2.56. The number of ether oxygens (including phenoxy) is 1. The molecule has 2 aliphatic rings. The van der Waals surface area contributed by atoms with Gasteiger partial charge in [0.1, 0.15) is 11.5 Å². The Morgan fingerprint density at radius 2 is 1.97 bits per heavy atom. The lowest BCUT2D eigenvalue weighted by molar-refractivity contribution is 0.111. The van der Waals surface area contributed by atoms with Gasteiger partial charge in [0.15, 0.2) is 0 Å². The van der Waals surface area contributed by atoms with Crippen LogP contribution in [0, 0.1) is 5.82 Å². The maximum absolute atomic E-state index is 13.4. The Morgan fingerprint density at radius 1 is 1.16 bits per heavy atom. The Bertz CT molecular complexity index is 1200. The van der Waals surface area contributed by atoms with Crippen LogP contribution in [-0.2, 0) is 9.53 Å². The Balaban J connectivity index is 0.000000368. The van der Waals surface area contributed by atoms with Crippen molar-refractivity contribution in [3.63, 3.8) is 0 Å². The number of rotatable bonds is 7. The molecule has 1 unspecified atom stereocenters. The summed E-state index contributed by atoms with van der Waals surface area (Å²) in [5.74, 6) is -0.348. The van der Waals surface area contributed by atoms with Crippen molar-refractivity contribution in [2.45, 2.75) is 63.3 Å². The molecule has 2 saturated heterocycles. The molecule has 0 aliphatic carbocycles. The fraction of sp³-hybridized carbons (Fsp3) is 0.536. The summed E-state index contributed by atoms with van der Waals surface area (Å²) in [6.45, 7) is 10.8. The van der Waals surface area contributed by atoms with Gasteiger partial charge in [0.25, 0.3) is 7.41 Å². The van der Waals surface area contributed by atoms with Crippen molar-refractivity contribution in [3.8, 4) is 11.3 Å². The SMILES string of the molecule is COCC[Si](C)(C)C.O=C[B]N1CCCCC12CCCN(c1ccnc3[nH]cc(-c4ccc(F)cn4)c13)C2. The fourth-order valence-corrected chi connectivity index (χ4v) is 6.44. The van der Waals surface area contributed by atoms with Crippen molar-refractivity contribution >= 4 is 38.4 Å². The molecule has 38 heavy (non-hydrogen) atoms. The summed E-state index contributed by atoms with van der Waals surface area (Å²) in [6.07, 6.45) is 11.5. The zero-order chi connectivity index (χ0) is 27.2. The molecule has 1 radical (unpaired) electrons. The van der Waals surface area contributed by atoms with E-state index in [-0.39, 0.29) is 11.4 Å². The van der Waals surface area contributed by atoms with Crippen molar-refractivity contribution in [3.05, 3.63) is 42.6 Å². The normalized spacial score (nSPS) is 20.3. The van der Waals surface area contributed by atoms with Gasteiger partial charge in [-0.15, -0.1) is 0 Å². The third kappa shape index (κ3) is 6.71. The van der Waals surface area contributed by atoms with E-state index in [9.17, 15) is 9.18 Å². The number of aromatic nitrogens is 3. The van der Waals surface area contributed by atoms with Crippen molar-refractivity contribution in [1.82, 2.24) is 19.8 Å². The minimum absolute atomic E-state index is 0.00238. The van der Waals surface area contributed by atoms with Crippen LogP contribution in [0.4, 0.5) is 10.1 Å². The van der Waals surface area contributed by atoms with Crippen LogP contribution >= 0.6 is 0 Å². The van der Waals surface area contributed by atoms with Crippen LogP contribution in [0.25, 0.3) is 22.3 Å². The van der Waals surface area contributed by atoms with Gasteiger partial charge in [0, 0.05) is 58.4 Å². The van der Waals surface area contributed by atoms with Gasteiger partial charge in [-0.1, -0.05) is 26.1 Å². The standard InChI is InChI=1S/C22H24BFN5O.C6H16OSi/c24-16-4-5-18(26-12-16)17-13-27-21-20(17)19(6-9-25-21)28-10-3-8-22(14-28)7-1-2-11-29(22)23-15-30;1-7-5-6-8(2,3)4/h4-6,9,12-13,15H,1-3,7-8,10-11,14H2,(H,25,27);5-6H2,1-4H3. The highest BCUT2D eigenvalue weighted by atomic mass is 28.3. The molecule has 7 nitrogen and oxygen atoms in total. The largest absolute Gasteiger partial charge is 0.385 e. The maximum Gasteiger partial charge on any atom is 0.293 e. The molecule has 1 N–H and O–H groups in total. The second kappa shape index (κ2) is 12.5. The second-order valence-electron chi connectivity index (χ2n) is 11.6. The molecule has 0 bridgehead atoms. The number of fused-ring (bicyclic) bond motifs is 1.